The molecule has 7 heteroatoms. The molecule has 2 amide bonds. The molecule has 0 bridgehead atoms. The van der Waals surface area contributed by atoms with Crippen LogP contribution in [0.2, 0.25) is 0 Å². The van der Waals surface area contributed by atoms with Crippen molar-refractivity contribution in [1.82, 2.24) is 5.43 Å². The van der Waals surface area contributed by atoms with Gasteiger partial charge in [-0.3, -0.25) is 9.59 Å². The molecular weight excluding hydrogens is 398 g/mol. The Hall–Kier alpha value is -3.19. The number of nitrogens with zero attached hydrogens (tertiary/aromatic N) is 1. The molecule has 1 aliphatic carbocycles. The first-order chi connectivity index (χ1) is 14.4. The Balaban J connectivity index is 1.57. The van der Waals surface area contributed by atoms with Gasteiger partial charge in [-0.1, -0.05) is 12.1 Å². The first kappa shape index (κ1) is 20.1. The highest BCUT2D eigenvalue weighted by Gasteiger charge is 2.28. The maximum Gasteiger partial charge on any atom is 0.291 e. The van der Waals surface area contributed by atoms with Crippen molar-refractivity contribution in [2.75, 3.05) is 5.32 Å². The van der Waals surface area contributed by atoms with Crippen molar-refractivity contribution < 1.29 is 14.0 Å². The lowest BCUT2D eigenvalue weighted by Gasteiger charge is -2.13. The molecule has 0 fully saturated rings. The molecule has 2 aromatic heterocycles. The van der Waals surface area contributed by atoms with Crippen LogP contribution < -0.4 is 10.7 Å². The average molecular weight is 422 g/mol. The minimum absolute atomic E-state index is 0.238. The molecule has 3 aromatic rings. The molecule has 0 aliphatic heterocycles. The Labute approximate surface area is 179 Å². The third kappa shape index (κ3) is 3.93. The van der Waals surface area contributed by atoms with E-state index in [0.717, 1.165) is 53.1 Å². The Morgan fingerprint density at radius 2 is 1.90 bits per heavy atom. The summed E-state index contributed by atoms with van der Waals surface area (Å²) in [6, 6.07) is 9.38. The molecule has 154 valence electrons. The van der Waals surface area contributed by atoms with E-state index in [-0.39, 0.29) is 17.6 Å². The van der Waals surface area contributed by atoms with Gasteiger partial charge in [-0.15, -0.1) is 11.3 Å². The highest BCUT2D eigenvalue weighted by atomic mass is 32.1. The number of amides is 2. The van der Waals surface area contributed by atoms with E-state index in [9.17, 15) is 9.59 Å². The monoisotopic (exact) mass is 421 g/mol. The van der Waals surface area contributed by atoms with Gasteiger partial charge in [0.15, 0.2) is 5.76 Å². The van der Waals surface area contributed by atoms with E-state index in [1.54, 1.807) is 6.07 Å². The number of hydrogen-bond acceptors (Lipinski definition) is 5. The summed E-state index contributed by atoms with van der Waals surface area (Å²) in [4.78, 5) is 25.7. The van der Waals surface area contributed by atoms with Gasteiger partial charge in [-0.2, -0.15) is 5.10 Å². The first-order valence-electron chi connectivity index (χ1n) is 9.85. The molecule has 2 heterocycles. The van der Waals surface area contributed by atoms with E-state index in [4.69, 9.17) is 4.42 Å². The van der Waals surface area contributed by atoms with Crippen molar-refractivity contribution >= 4 is 34.6 Å². The molecular formula is C23H23N3O3S. The van der Waals surface area contributed by atoms with Gasteiger partial charge in [0, 0.05) is 23.2 Å². The van der Waals surface area contributed by atoms with E-state index >= 15 is 0 Å². The van der Waals surface area contributed by atoms with Crippen LogP contribution in [0, 0.1) is 20.8 Å². The zero-order chi connectivity index (χ0) is 21.3. The highest BCUT2D eigenvalue weighted by molar-refractivity contribution is 7.12. The van der Waals surface area contributed by atoms with Crippen LogP contribution in [0.15, 0.2) is 45.2 Å². The molecule has 0 atom stereocenters. The second-order valence-electron chi connectivity index (χ2n) is 7.44. The maximum absolute atomic E-state index is 12.9. The lowest BCUT2D eigenvalue weighted by molar-refractivity contribution is 0.0957. The Kier molecular flexibility index (Phi) is 5.55. The molecule has 1 aliphatic rings. The maximum atomic E-state index is 12.9. The molecule has 4 rings (SSSR count). The summed E-state index contributed by atoms with van der Waals surface area (Å²) in [6.07, 6.45) is 2.31. The van der Waals surface area contributed by atoms with Crippen LogP contribution in [0.3, 0.4) is 0 Å². The minimum atomic E-state index is -0.285. The number of hydrogen-bond donors (Lipinski definition) is 2. The number of nitrogens with one attached hydrogen (secondary N) is 2. The Bertz CT molecular complexity index is 1140. The average Bonchev–Trinajstić information content (AvgIpc) is 3.38. The lowest BCUT2D eigenvalue weighted by atomic mass is 9.93. The molecule has 0 unspecified atom stereocenters. The number of benzene rings is 1. The number of carbonyl (C=O) groups is 2. The quantitative estimate of drug-likeness (QED) is 0.582. The van der Waals surface area contributed by atoms with Crippen molar-refractivity contribution in [3.05, 3.63) is 74.4 Å². The third-order valence-corrected chi connectivity index (χ3v) is 6.20. The summed E-state index contributed by atoms with van der Waals surface area (Å²) < 4.78 is 5.93. The molecule has 6 nitrogen and oxygen atoms in total. The van der Waals surface area contributed by atoms with Crippen molar-refractivity contribution in [2.45, 2.75) is 40.0 Å². The van der Waals surface area contributed by atoms with E-state index in [1.807, 2.05) is 50.4 Å². The van der Waals surface area contributed by atoms with Crippen LogP contribution in [0.5, 0.6) is 0 Å². The number of fused-ring (bicyclic) bond motifs is 1. The molecule has 30 heavy (non-hydrogen) atoms. The Morgan fingerprint density at radius 3 is 2.63 bits per heavy atom. The molecule has 0 saturated heterocycles. The number of thiophene rings is 1. The van der Waals surface area contributed by atoms with Gasteiger partial charge >= 0.3 is 0 Å². The van der Waals surface area contributed by atoms with Gasteiger partial charge in [0.25, 0.3) is 11.8 Å². The number of furan rings is 1. The van der Waals surface area contributed by atoms with Crippen LogP contribution in [0.1, 0.15) is 61.1 Å². The molecule has 0 radical (unpaired) electrons. The van der Waals surface area contributed by atoms with Gasteiger partial charge < -0.3 is 9.73 Å². The normalized spacial score (nSPS) is 14.4. The number of anilines is 1. The van der Waals surface area contributed by atoms with Crippen LogP contribution in [-0.2, 0) is 6.42 Å². The summed E-state index contributed by atoms with van der Waals surface area (Å²) in [5, 5.41) is 9.12. The second kappa shape index (κ2) is 8.28. The van der Waals surface area contributed by atoms with Crippen LogP contribution in [-0.4, -0.2) is 17.5 Å². The predicted octanol–water partition coefficient (Wildman–Crippen LogP) is 4.99. The SMILES string of the molecule is Cc1ccc(NC(=O)c2oc3c(c2C)/C(=N/NC(=O)c2cccs2)CCC3)cc1C. The second-order valence-corrected chi connectivity index (χ2v) is 8.39. The van der Waals surface area contributed by atoms with E-state index < -0.39 is 0 Å². The summed E-state index contributed by atoms with van der Waals surface area (Å²) in [5.41, 5.74) is 7.96. The summed E-state index contributed by atoms with van der Waals surface area (Å²) in [5.74, 6) is 0.510. The highest BCUT2D eigenvalue weighted by Crippen LogP contribution is 2.30. The van der Waals surface area contributed by atoms with Crippen LogP contribution in [0.25, 0.3) is 0 Å². The van der Waals surface area contributed by atoms with Crippen LogP contribution >= 0.6 is 11.3 Å². The fourth-order valence-electron chi connectivity index (χ4n) is 3.58. The molecule has 0 spiro atoms. The fraction of sp³-hybridized carbons (Fsp3) is 0.261. The van der Waals surface area contributed by atoms with Crippen molar-refractivity contribution in [1.29, 1.82) is 0 Å². The summed E-state index contributed by atoms with van der Waals surface area (Å²) in [6.45, 7) is 5.90. The van der Waals surface area contributed by atoms with Crippen molar-refractivity contribution in [3.63, 3.8) is 0 Å². The fourth-order valence-corrected chi connectivity index (χ4v) is 4.20. The van der Waals surface area contributed by atoms with Gasteiger partial charge in [0.2, 0.25) is 0 Å². The van der Waals surface area contributed by atoms with Crippen molar-refractivity contribution in [2.24, 2.45) is 5.10 Å². The lowest BCUT2D eigenvalue weighted by Crippen LogP contribution is -2.21. The first-order valence-corrected chi connectivity index (χ1v) is 10.7. The van der Waals surface area contributed by atoms with E-state index in [2.05, 4.69) is 15.8 Å². The number of hydrazone groups is 1. The Morgan fingerprint density at radius 1 is 1.07 bits per heavy atom. The molecule has 0 saturated carbocycles. The van der Waals surface area contributed by atoms with E-state index in [0.29, 0.717) is 4.88 Å². The topological polar surface area (TPSA) is 83.7 Å². The number of rotatable bonds is 4. The van der Waals surface area contributed by atoms with Gasteiger partial charge in [-0.25, -0.2) is 5.43 Å². The third-order valence-electron chi connectivity index (χ3n) is 5.33. The number of aryl methyl sites for hydroxylation is 3. The zero-order valence-corrected chi connectivity index (χ0v) is 18.0. The standard InChI is InChI=1S/C23H23N3O3S/c1-13-9-10-16(12-14(13)2)24-23(28)21-15(3)20-17(6-4-7-18(20)29-21)25-26-22(27)19-8-5-11-30-19/h5,8-12H,4,6-7H2,1-3H3,(H,24,28)(H,26,27)/b25-17+. The predicted molar refractivity (Wildman–Crippen MR) is 119 cm³/mol. The minimum Gasteiger partial charge on any atom is -0.455 e. The summed E-state index contributed by atoms with van der Waals surface area (Å²) >= 11 is 1.36. The van der Waals surface area contributed by atoms with Gasteiger partial charge in [0.1, 0.15) is 5.76 Å². The smallest absolute Gasteiger partial charge is 0.291 e. The van der Waals surface area contributed by atoms with Crippen molar-refractivity contribution in [3.8, 4) is 0 Å². The zero-order valence-electron chi connectivity index (χ0n) is 17.2. The van der Waals surface area contributed by atoms with E-state index in [1.165, 1.54) is 16.9 Å². The summed E-state index contributed by atoms with van der Waals surface area (Å²) in [7, 11) is 0. The number of carbonyl (C=O) groups excluding carboxylic acids is 2. The molecule has 1 aromatic carbocycles. The van der Waals surface area contributed by atoms with Gasteiger partial charge in [-0.05, 0) is 68.3 Å². The largest absolute Gasteiger partial charge is 0.455 e. The van der Waals surface area contributed by atoms with Gasteiger partial charge in [0.05, 0.1) is 10.6 Å². The van der Waals surface area contributed by atoms with Crippen LogP contribution in [0.4, 0.5) is 5.69 Å². The molecule has 2 N–H and O–H groups in total.